The standard InChI is InChI=1S/C84H89F2N17O11/c1-97(2)40-50-24-54(50)78(104)93-71-31-46-27-58(100(7)62(46)36-87-71)53-16-12-13-17-66(53)111-44-112-69-20-15-21-70(76(69)60-29-48-33-73(89-38-64(48)102(60)9)95-80(106)56-26-52(56)42-99(5)6)114-45-113-68-19-14-18-67(75(68)59-28-47-32-72(88-37-63(47)101(59)8)94-79(105)55-25-51(55)41-98(3)4)109-22-23-110-83-77(82(108-11)91-43-92-83)61-30-49-34-74(90-39-65(49)103(61)10)96-81(107)57-35-84(57,85)86/h12-21,27-34,36-39,43,50-52,54-57H,22-26,35,40-42,44-45H2,1-11H3,(H,87,93,104)(H,88,94,105)(H,89,95,106)(H,90,96,107). The lowest BCUT2D eigenvalue weighted by Crippen LogP contribution is -2.20. The Morgan fingerprint density at radius 1 is 0.430 bits per heavy atom. The molecule has 0 radical (unpaired) electrons. The molecule has 4 fully saturated rings. The second kappa shape index (κ2) is 31.0. The predicted octanol–water partition coefficient (Wildman–Crippen LogP) is 12.0. The van der Waals surface area contributed by atoms with Crippen LogP contribution in [0.3, 0.4) is 0 Å². The fraction of sp³-hybridized carbons (Fsp3) is 0.357. The fourth-order valence-corrected chi connectivity index (χ4v) is 15.5. The van der Waals surface area contributed by atoms with Crippen LogP contribution in [0.4, 0.5) is 32.1 Å². The number of nitrogens with zero attached hydrogens (tertiary/aromatic N) is 13. The Morgan fingerprint density at radius 3 is 1.18 bits per heavy atom. The molecule has 7 unspecified atom stereocenters. The maximum Gasteiger partial charge on any atom is 0.260 e. The minimum absolute atomic E-state index is 0.0156. The number of methoxy groups -OCH3 is 1. The van der Waals surface area contributed by atoms with Crippen molar-refractivity contribution in [1.29, 1.82) is 0 Å². The van der Waals surface area contributed by atoms with Crippen molar-refractivity contribution in [3.05, 3.63) is 140 Å². The number of fused-ring (bicyclic) bond motifs is 4. The van der Waals surface area contributed by atoms with Gasteiger partial charge in [-0.05, 0) is 164 Å². The highest BCUT2D eigenvalue weighted by Gasteiger charge is 2.61. The quantitative estimate of drug-likeness (QED) is 0.0225. The number of nitrogens with one attached hydrogen (secondary N) is 4. The first-order chi connectivity index (χ1) is 54.9. The Kier molecular flexibility index (Phi) is 20.6. The third-order valence-corrected chi connectivity index (χ3v) is 21.8. The van der Waals surface area contributed by atoms with Crippen LogP contribution in [0.15, 0.2) is 140 Å². The molecule has 30 heteroatoms. The lowest BCUT2D eigenvalue weighted by atomic mass is 10.1. The van der Waals surface area contributed by atoms with Crippen LogP contribution in [0, 0.1) is 41.4 Å². The van der Waals surface area contributed by atoms with Gasteiger partial charge in [-0.25, -0.2) is 38.7 Å². The molecule has 3 aromatic carbocycles. The van der Waals surface area contributed by atoms with Crippen molar-refractivity contribution in [1.82, 2.24) is 62.9 Å². The van der Waals surface area contributed by atoms with Crippen LogP contribution in [-0.2, 0) is 47.4 Å². The van der Waals surface area contributed by atoms with E-state index in [-0.39, 0.29) is 91.7 Å². The first-order valence-corrected chi connectivity index (χ1v) is 37.8. The van der Waals surface area contributed by atoms with Gasteiger partial charge in [0, 0.05) is 99.1 Å². The van der Waals surface area contributed by atoms with Crippen LogP contribution in [0.25, 0.3) is 88.6 Å². The molecular weight excluding hydrogens is 1460 g/mol. The summed E-state index contributed by atoms with van der Waals surface area (Å²) in [6.07, 6.45) is 10.1. The third-order valence-electron chi connectivity index (χ3n) is 21.8. The van der Waals surface area contributed by atoms with Gasteiger partial charge in [0.2, 0.25) is 49.0 Å². The molecule has 16 rings (SSSR count). The monoisotopic (exact) mass is 1550 g/mol. The first kappa shape index (κ1) is 75.7. The average Bonchev–Trinajstić information content (AvgIpc) is 1.60. The summed E-state index contributed by atoms with van der Waals surface area (Å²) in [4.78, 5) is 86.7. The molecule has 9 aromatic heterocycles. The van der Waals surface area contributed by atoms with E-state index in [1.54, 1.807) is 30.9 Å². The van der Waals surface area contributed by atoms with Gasteiger partial charge in [0.05, 0.1) is 87.9 Å². The van der Waals surface area contributed by atoms with Crippen molar-refractivity contribution in [2.45, 2.75) is 31.6 Å². The van der Waals surface area contributed by atoms with Crippen LogP contribution < -0.4 is 54.4 Å². The Labute approximate surface area is 655 Å². The van der Waals surface area contributed by atoms with E-state index in [0.717, 1.165) is 82.9 Å². The van der Waals surface area contributed by atoms with Crippen molar-refractivity contribution in [2.75, 3.05) is 117 Å². The Bertz CT molecular complexity index is 5740. The number of rotatable bonds is 32. The molecule has 590 valence electrons. The number of benzene rings is 3. The number of carbonyl (C=O) groups is 4. The highest BCUT2D eigenvalue weighted by atomic mass is 19.3. The summed E-state index contributed by atoms with van der Waals surface area (Å²) in [5.41, 5.74) is 8.16. The lowest BCUT2D eigenvalue weighted by Gasteiger charge is -2.20. The van der Waals surface area contributed by atoms with E-state index in [1.165, 1.54) is 13.4 Å². The molecule has 12 aromatic rings. The number of aryl methyl sites for hydroxylation is 4. The number of halogens is 2. The average molecular weight is 1550 g/mol. The molecule has 0 spiro atoms. The molecule has 0 saturated heterocycles. The van der Waals surface area contributed by atoms with Gasteiger partial charge in [-0.3, -0.25) is 19.2 Å². The summed E-state index contributed by atoms with van der Waals surface area (Å²) >= 11 is 0. The third kappa shape index (κ3) is 15.7. The summed E-state index contributed by atoms with van der Waals surface area (Å²) in [5, 5.41) is 14.8. The molecule has 9 heterocycles. The number of amides is 4. The van der Waals surface area contributed by atoms with Crippen molar-refractivity contribution < 1.29 is 61.1 Å². The topological polar surface area (TPSA) is 288 Å². The van der Waals surface area contributed by atoms with Crippen LogP contribution in [0.2, 0.25) is 0 Å². The number of ether oxygens (including phenoxy) is 7. The Morgan fingerprint density at radius 2 is 0.772 bits per heavy atom. The van der Waals surface area contributed by atoms with Crippen molar-refractivity contribution >= 4 is 90.5 Å². The number of alkyl halides is 2. The second-order valence-electron chi connectivity index (χ2n) is 30.8. The molecule has 4 aliphatic rings. The molecule has 4 N–H and O–H groups in total. The predicted molar refractivity (Wildman–Crippen MR) is 428 cm³/mol. The highest BCUT2D eigenvalue weighted by Crippen LogP contribution is 2.50. The van der Waals surface area contributed by atoms with Crippen LogP contribution >= 0.6 is 0 Å². The zero-order valence-corrected chi connectivity index (χ0v) is 65.2. The number of hydrogen-bond donors (Lipinski definition) is 4. The molecule has 114 heavy (non-hydrogen) atoms. The smallest absolute Gasteiger partial charge is 0.260 e. The molecule has 4 saturated carbocycles. The highest BCUT2D eigenvalue weighted by molar-refractivity contribution is 6.01. The second-order valence-corrected chi connectivity index (χ2v) is 30.8. The van der Waals surface area contributed by atoms with Gasteiger partial charge < -0.3 is 87.4 Å². The summed E-state index contributed by atoms with van der Waals surface area (Å²) in [6.45, 7) is 1.88. The zero-order chi connectivity index (χ0) is 79.5. The van der Waals surface area contributed by atoms with E-state index in [0.29, 0.717) is 96.8 Å². The van der Waals surface area contributed by atoms with Gasteiger partial charge in [-0.1, -0.05) is 24.3 Å². The van der Waals surface area contributed by atoms with Gasteiger partial charge >= 0.3 is 0 Å². The molecule has 0 aliphatic heterocycles. The van der Waals surface area contributed by atoms with Crippen LogP contribution in [0.1, 0.15) is 25.7 Å². The van der Waals surface area contributed by atoms with E-state index in [1.807, 2.05) is 186 Å². The van der Waals surface area contributed by atoms with E-state index in [4.69, 9.17) is 43.1 Å². The first-order valence-electron chi connectivity index (χ1n) is 37.8. The number of pyridine rings is 4. The largest absolute Gasteiger partial charge is 0.489 e. The van der Waals surface area contributed by atoms with Gasteiger partial charge in [0.1, 0.15) is 83.0 Å². The van der Waals surface area contributed by atoms with Gasteiger partial charge in [0.15, 0.2) is 0 Å². The minimum atomic E-state index is -3.04. The molecule has 0 bridgehead atoms. The number of para-hydroxylation sites is 1. The zero-order valence-electron chi connectivity index (χ0n) is 65.2. The number of carbonyl (C=O) groups excluding carboxylic acids is 4. The van der Waals surface area contributed by atoms with Crippen molar-refractivity contribution in [3.63, 3.8) is 0 Å². The van der Waals surface area contributed by atoms with Gasteiger partial charge in [-0.2, -0.15) is 0 Å². The number of hydrogen-bond acceptors (Lipinski definition) is 20. The Balaban J connectivity index is 0.687. The molecule has 28 nitrogen and oxygen atoms in total. The summed E-state index contributed by atoms with van der Waals surface area (Å²) in [7, 11) is 21.1. The van der Waals surface area contributed by atoms with E-state index in [2.05, 4.69) is 62.0 Å². The van der Waals surface area contributed by atoms with Gasteiger partial charge in [-0.15, -0.1) is 0 Å². The van der Waals surface area contributed by atoms with Crippen molar-refractivity contribution in [2.24, 2.45) is 69.6 Å². The maximum absolute atomic E-state index is 13.8. The molecule has 7 atom stereocenters. The Hall–Kier alpha value is -12.3. The van der Waals surface area contributed by atoms with E-state index < -0.39 is 24.2 Å². The SMILES string of the molecule is COc1ncnc(OCCOc2cccc(OCOc3cccc(OCOc4ccccc4-c4cc5cc(NC(=O)C6CC6CN(C)C)ncc5n4C)c3-c3cc4cc(NC(=O)C5CC5CN(C)C)ncc4n3C)c2-c2cc3cc(NC(=O)C4CC4CN(C)C)ncc3n2C)c1-c1cc2cc(NC(=O)C3CC3(F)F)ncc2n1C. The van der Waals surface area contributed by atoms with E-state index >= 15 is 0 Å². The normalized spacial score (nSPS) is 18.5. The minimum Gasteiger partial charge on any atom is -0.489 e. The number of anilines is 4. The number of aromatic nitrogens is 10. The van der Waals surface area contributed by atoms with Crippen LogP contribution in [-0.4, -0.2) is 188 Å². The van der Waals surface area contributed by atoms with E-state index in [9.17, 15) is 28.0 Å². The van der Waals surface area contributed by atoms with Crippen LogP contribution in [0.5, 0.6) is 40.5 Å². The van der Waals surface area contributed by atoms with Gasteiger partial charge in [0.25, 0.3) is 5.92 Å². The maximum atomic E-state index is 13.8. The van der Waals surface area contributed by atoms with Crippen molar-refractivity contribution in [3.8, 4) is 85.5 Å². The summed E-state index contributed by atoms with van der Waals surface area (Å²) in [5.74, 6) is -0.809. The summed E-state index contributed by atoms with van der Waals surface area (Å²) < 4.78 is 81.5. The fourth-order valence-electron chi connectivity index (χ4n) is 15.5. The molecule has 4 amide bonds. The molecular formula is C84H89F2N17O11. The lowest BCUT2D eigenvalue weighted by molar-refractivity contribution is -0.120. The summed E-state index contributed by atoms with van der Waals surface area (Å²) in [6, 6.07) is 33.8. The molecule has 4 aliphatic carbocycles.